The predicted molar refractivity (Wildman–Crippen MR) is 123 cm³/mol. The molecular formula is C23H27F3N6. The monoisotopic (exact) mass is 444 g/mol. The van der Waals surface area contributed by atoms with E-state index in [1.165, 1.54) is 6.21 Å². The zero-order valence-electron chi connectivity index (χ0n) is 17.8. The summed E-state index contributed by atoms with van der Waals surface area (Å²) in [5.41, 5.74) is 14.1. The number of nitrogens with one attached hydrogen (secondary N) is 2. The minimum absolute atomic E-state index is 0.121. The van der Waals surface area contributed by atoms with Gasteiger partial charge in [-0.3, -0.25) is 0 Å². The number of nitrogen functional groups attached to an aromatic ring is 1. The molecule has 1 fully saturated rings. The van der Waals surface area contributed by atoms with E-state index in [-0.39, 0.29) is 5.69 Å². The average molecular weight is 445 g/mol. The molecule has 2 aliphatic rings. The van der Waals surface area contributed by atoms with Gasteiger partial charge in [0.15, 0.2) is 0 Å². The third kappa shape index (κ3) is 3.69. The van der Waals surface area contributed by atoms with Gasteiger partial charge in [0.1, 0.15) is 5.70 Å². The summed E-state index contributed by atoms with van der Waals surface area (Å²) in [5.74, 6) is 0. The zero-order chi connectivity index (χ0) is 23.0. The Kier molecular flexibility index (Phi) is 5.83. The summed E-state index contributed by atoms with van der Waals surface area (Å²) in [7, 11) is 0. The number of hydrogen-bond donors (Lipinski definition) is 4. The quantitative estimate of drug-likeness (QED) is 0.408. The number of nitrogens with two attached hydrogens (primary N) is 2. The highest BCUT2D eigenvalue weighted by atomic mass is 19.4. The fourth-order valence-corrected chi connectivity index (χ4v) is 4.91. The Morgan fingerprint density at radius 2 is 1.69 bits per heavy atom. The van der Waals surface area contributed by atoms with Crippen molar-refractivity contribution in [1.29, 1.82) is 10.8 Å². The van der Waals surface area contributed by atoms with E-state index >= 15 is 0 Å². The molecule has 1 aliphatic heterocycles. The lowest BCUT2D eigenvalue weighted by molar-refractivity contribution is -0.0919. The van der Waals surface area contributed by atoms with Crippen LogP contribution in [0.1, 0.15) is 54.5 Å². The third-order valence-electron chi connectivity index (χ3n) is 6.47. The van der Waals surface area contributed by atoms with Crippen molar-refractivity contribution in [2.45, 2.75) is 51.1 Å². The van der Waals surface area contributed by atoms with E-state index in [1.54, 1.807) is 6.07 Å². The molecule has 1 aromatic heterocycles. The molecule has 2 heterocycles. The number of aryl methyl sites for hydroxylation is 1. The van der Waals surface area contributed by atoms with Crippen molar-refractivity contribution in [3.63, 3.8) is 0 Å². The van der Waals surface area contributed by atoms with Crippen molar-refractivity contribution in [2.75, 3.05) is 23.7 Å². The summed E-state index contributed by atoms with van der Waals surface area (Å²) in [6.07, 6.45) is 3.13. The molecule has 0 unspecified atom stereocenters. The topological polar surface area (TPSA) is 116 Å². The molecule has 32 heavy (non-hydrogen) atoms. The number of pyridine rings is 1. The van der Waals surface area contributed by atoms with Gasteiger partial charge < -0.3 is 27.2 Å². The van der Waals surface area contributed by atoms with Crippen LogP contribution in [-0.2, 0) is 12.8 Å². The summed E-state index contributed by atoms with van der Waals surface area (Å²) in [4.78, 5) is 6.90. The molecule has 6 nitrogen and oxygen atoms in total. The smallest absolute Gasteiger partial charge is 0.398 e. The molecule has 1 aromatic carbocycles. The number of piperidine rings is 1. The number of hydrogen-bond acceptors (Lipinski definition) is 6. The zero-order valence-corrected chi connectivity index (χ0v) is 17.8. The van der Waals surface area contributed by atoms with Crippen molar-refractivity contribution < 1.29 is 13.2 Å². The van der Waals surface area contributed by atoms with E-state index in [1.807, 2.05) is 0 Å². The van der Waals surface area contributed by atoms with Crippen LogP contribution in [0, 0.1) is 10.8 Å². The Morgan fingerprint density at radius 1 is 1.03 bits per heavy atom. The Labute approximate surface area is 184 Å². The first-order valence-electron chi connectivity index (χ1n) is 10.9. The fraction of sp³-hybridized carbons (Fsp3) is 0.435. The Balaban J connectivity index is 2.12. The van der Waals surface area contributed by atoms with Gasteiger partial charge in [-0.2, -0.15) is 13.2 Å². The SMILES string of the molecule is N=CC(=C(N)C(F)(F)F)c1nc2c(N3CCCCC3)cc(N)c(C=N)c2c2c1CCCC2. The highest BCUT2D eigenvalue weighted by molar-refractivity contribution is 6.13. The Morgan fingerprint density at radius 3 is 2.28 bits per heavy atom. The number of benzene rings is 1. The largest absolute Gasteiger partial charge is 0.431 e. The molecule has 9 heteroatoms. The van der Waals surface area contributed by atoms with Crippen molar-refractivity contribution in [3.8, 4) is 0 Å². The second-order valence-corrected chi connectivity index (χ2v) is 8.41. The van der Waals surface area contributed by atoms with E-state index in [2.05, 4.69) is 4.90 Å². The molecular weight excluding hydrogens is 417 g/mol. The van der Waals surface area contributed by atoms with E-state index in [4.69, 9.17) is 27.3 Å². The first-order valence-corrected chi connectivity index (χ1v) is 10.9. The maximum Gasteiger partial charge on any atom is 0.431 e. The van der Waals surface area contributed by atoms with Gasteiger partial charge in [-0.15, -0.1) is 0 Å². The molecule has 0 amide bonds. The van der Waals surface area contributed by atoms with Crippen LogP contribution in [0.25, 0.3) is 16.5 Å². The maximum atomic E-state index is 13.5. The first kappa shape index (κ1) is 22.1. The molecule has 1 aliphatic carbocycles. The van der Waals surface area contributed by atoms with Gasteiger partial charge in [0.25, 0.3) is 0 Å². The number of halogens is 3. The number of allylic oxidation sites excluding steroid dienone is 2. The number of rotatable bonds is 4. The minimum atomic E-state index is -4.76. The van der Waals surface area contributed by atoms with Crippen LogP contribution in [0.3, 0.4) is 0 Å². The summed E-state index contributed by atoms with van der Waals surface area (Å²) in [6.45, 7) is 1.62. The van der Waals surface area contributed by atoms with Crippen LogP contribution in [0.15, 0.2) is 11.8 Å². The van der Waals surface area contributed by atoms with E-state index < -0.39 is 17.4 Å². The fourth-order valence-electron chi connectivity index (χ4n) is 4.91. The van der Waals surface area contributed by atoms with Crippen LogP contribution in [0.5, 0.6) is 0 Å². The van der Waals surface area contributed by atoms with Crippen LogP contribution >= 0.6 is 0 Å². The molecule has 6 N–H and O–H groups in total. The van der Waals surface area contributed by atoms with Crippen molar-refractivity contribution in [1.82, 2.24) is 4.98 Å². The molecule has 0 saturated carbocycles. The lowest BCUT2D eigenvalue weighted by Crippen LogP contribution is -2.30. The molecule has 0 bridgehead atoms. The normalized spacial score (nSPS) is 17.7. The summed E-state index contributed by atoms with van der Waals surface area (Å²) in [5, 5.41) is 16.4. The highest BCUT2D eigenvalue weighted by Crippen LogP contribution is 2.41. The number of nitrogens with zero attached hydrogens (tertiary/aromatic N) is 2. The van der Waals surface area contributed by atoms with Crippen molar-refractivity contribution in [3.05, 3.63) is 34.1 Å². The average Bonchev–Trinajstić information content (AvgIpc) is 2.79. The maximum absolute atomic E-state index is 13.5. The molecule has 1 saturated heterocycles. The van der Waals surface area contributed by atoms with E-state index in [0.717, 1.165) is 61.8 Å². The standard InChI is InChI=1S/C23H27F3N6/c24-23(25,26)22(30)16(12-28)20-14-7-3-2-6-13(14)19-15(11-27)17(29)10-18(21(19)31-20)32-8-4-1-5-9-32/h10-12,27-28H,1-9,29-30H2. The summed E-state index contributed by atoms with van der Waals surface area (Å²) >= 11 is 0. The van der Waals surface area contributed by atoms with Gasteiger partial charge in [0.2, 0.25) is 0 Å². The predicted octanol–water partition coefficient (Wildman–Crippen LogP) is 4.57. The van der Waals surface area contributed by atoms with Crippen LogP contribution in [-0.4, -0.2) is 36.7 Å². The number of fused-ring (bicyclic) bond motifs is 3. The van der Waals surface area contributed by atoms with Crippen LogP contribution in [0.4, 0.5) is 24.5 Å². The van der Waals surface area contributed by atoms with Crippen LogP contribution in [0.2, 0.25) is 0 Å². The molecule has 2 aromatic rings. The number of aromatic nitrogens is 1. The Hall–Kier alpha value is -3.10. The molecule has 0 radical (unpaired) electrons. The second-order valence-electron chi connectivity index (χ2n) is 8.41. The molecule has 0 atom stereocenters. The Bertz CT molecular complexity index is 1110. The van der Waals surface area contributed by atoms with Crippen molar-refractivity contribution >= 4 is 40.3 Å². The molecule has 0 spiro atoms. The van der Waals surface area contributed by atoms with Crippen molar-refractivity contribution in [2.24, 2.45) is 5.73 Å². The number of alkyl halides is 3. The molecule has 170 valence electrons. The third-order valence-corrected chi connectivity index (χ3v) is 6.47. The van der Waals surface area contributed by atoms with Gasteiger partial charge >= 0.3 is 6.18 Å². The number of anilines is 2. The summed E-state index contributed by atoms with van der Waals surface area (Å²) in [6, 6.07) is 1.78. The van der Waals surface area contributed by atoms with E-state index in [9.17, 15) is 13.2 Å². The second kappa shape index (κ2) is 8.44. The van der Waals surface area contributed by atoms with Gasteiger partial charge in [-0.1, -0.05) is 0 Å². The lowest BCUT2D eigenvalue weighted by Gasteiger charge is -2.31. The minimum Gasteiger partial charge on any atom is -0.398 e. The van der Waals surface area contributed by atoms with Gasteiger partial charge in [0, 0.05) is 47.7 Å². The van der Waals surface area contributed by atoms with Gasteiger partial charge in [-0.25, -0.2) is 4.98 Å². The molecule has 4 rings (SSSR count). The van der Waals surface area contributed by atoms with Gasteiger partial charge in [-0.05, 0) is 62.1 Å². The lowest BCUT2D eigenvalue weighted by atomic mass is 9.84. The summed E-state index contributed by atoms with van der Waals surface area (Å²) < 4.78 is 40.5. The van der Waals surface area contributed by atoms with Crippen LogP contribution < -0.4 is 16.4 Å². The van der Waals surface area contributed by atoms with E-state index in [0.29, 0.717) is 41.4 Å². The highest BCUT2D eigenvalue weighted by Gasteiger charge is 2.36. The first-order chi connectivity index (χ1) is 15.3. The van der Waals surface area contributed by atoms with Gasteiger partial charge in [0.05, 0.1) is 16.9 Å².